The maximum absolute atomic E-state index is 11.9. The third kappa shape index (κ3) is 4.16. The Morgan fingerprint density at radius 3 is 2.12 bits per heavy atom. The van der Waals surface area contributed by atoms with Crippen molar-refractivity contribution in [3.8, 4) is 0 Å². The van der Waals surface area contributed by atoms with Gasteiger partial charge in [-0.25, -0.2) is 13.7 Å². The molecule has 96 valence electrons. The monoisotopic (exact) mass is 470 g/mol. The van der Waals surface area contributed by atoms with E-state index in [-0.39, 0.29) is 4.90 Å². The lowest BCUT2D eigenvalue weighted by Gasteiger charge is -2.13. The van der Waals surface area contributed by atoms with Crippen molar-refractivity contribution >= 4 is 69.7 Å². The van der Waals surface area contributed by atoms with Crippen LogP contribution in [-0.4, -0.2) is 15.1 Å². The van der Waals surface area contributed by atoms with Crippen LogP contribution in [-0.2, 0) is 19.2 Å². The summed E-state index contributed by atoms with van der Waals surface area (Å²) in [4.78, 5) is 0.680. The van der Waals surface area contributed by atoms with E-state index in [1.54, 1.807) is 0 Å². The predicted octanol–water partition coefficient (Wildman–Crippen LogP) is 3.68. The molecule has 0 amide bonds. The van der Waals surface area contributed by atoms with Crippen LogP contribution >= 0.6 is 59.8 Å². The molecule has 0 bridgehead atoms. The molecule has 17 heavy (non-hydrogen) atoms. The van der Waals surface area contributed by atoms with E-state index in [0.29, 0.717) is 4.90 Å². The minimum Gasteiger partial charge on any atom is -0.220 e. The van der Waals surface area contributed by atoms with Gasteiger partial charge in [0.2, 0.25) is 11.3 Å². The number of alkyl halides is 3. The Kier molecular flexibility index (Phi) is 5.92. The van der Waals surface area contributed by atoms with Crippen molar-refractivity contribution < 1.29 is 23.0 Å². The van der Waals surface area contributed by atoms with Crippen LogP contribution in [0.5, 0.6) is 0 Å². The fraction of sp³-hybridized carbons (Fsp3) is 0.143. The fourth-order valence-corrected chi connectivity index (χ4v) is 3.66. The van der Waals surface area contributed by atoms with Gasteiger partial charge >= 0.3 is 0 Å². The first-order valence-electron chi connectivity index (χ1n) is 3.85. The lowest BCUT2D eigenvalue weighted by atomic mass is 10.4. The lowest BCUT2D eigenvalue weighted by molar-refractivity contribution is -0.432. The summed E-state index contributed by atoms with van der Waals surface area (Å²) in [5, 5.41) is 11.4. The number of hydrogen-bond acceptors (Lipinski definition) is 6. The van der Waals surface area contributed by atoms with Gasteiger partial charge in [-0.05, 0) is 72.1 Å². The molecule has 0 aromatic heterocycles. The minimum atomic E-state index is -3.59. The Labute approximate surface area is 127 Å². The van der Waals surface area contributed by atoms with E-state index in [9.17, 15) is 8.42 Å². The van der Waals surface area contributed by atoms with Crippen LogP contribution in [0.2, 0.25) is 0 Å². The zero-order chi connectivity index (χ0) is 13.1. The van der Waals surface area contributed by atoms with E-state index in [0.717, 1.165) is 12.0 Å². The van der Waals surface area contributed by atoms with Gasteiger partial charge in [0, 0.05) is 4.90 Å². The van der Waals surface area contributed by atoms with Crippen molar-refractivity contribution in [3.05, 3.63) is 24.3 Å². The summed E-state index contributed by atoms with van der Waals surface area (Å²) in [6, 6.07) is 5.82. The molecule has 1 aromatic rings. The van der Waals surface area contributed by atoms with Crippen LogP contribution in [0.15, 0.2) is 34.1 Å². The van der Waals surface area contributed by atoms with Crippen molar-refractivity contribution in [2.24, 2.45) is 0 Å². The Morgan fingerprint density at radius 2 is 1.71 bits per heavy atom. The van der Waals surface area contributed by atoms with Gasteiger partial charge in [0.25, 0.3) is 0 Å². The highest BCUT2D eigenvalue weighted by atomic mass is 80.0. The molecule has 5 nitrogen and oxygen atoms in total. The summed E-state index contributed by atoms with van der Waals surface area (Å²) >= 11 is 9.62. The molecule has 0 saturated heterocycles. The van der Waals surface area contributed by atoms with Gasteiger partial charge in [-0.1, -0.05) is 5.04 Å². The van der Waals surface area contributed by atoms with Gasteiger partial charge in [0.1, 0.15) is 0 Å². The molecule has 0 aliphatic heterocycles. The molecule has 0 fully saturated rings. The van der Waals surface area contributed by atoms with E-state index < -0.39 is 11.3 Å². The second-order valence-corrected chi connectivity index (χ2v) is 13.8. The van der Waals surface area contributed by atoms with E-state index in [2.05, 4.69) is 57.2 Å². The number of hydrogen-bond donors (Lipinski definition) is 1. The van der Waals surface area contributed by atoms with Crippen molar-refractivity contribution in [1.82, 2.24) is 0 Å². The van der Waals surface area contributed by atoms with Gasteiger partial charge in [-0.15, -0.1) is 4.33 Å². The number of sulfone groups is 1. The number of rotatable bonds is 4. The van der Waals surface area contributed by atoms with Crippen LogP contribution in [0.4, 0.5) is 0 Å². The Balaban J connectivity index is 2.96. The molecule has 10 heteroatoms. The molecular formula is C7H5Br3O5S2. The average molecular weight is 473 g/mol. The van der Waals surface area contributed by atoms with E-state index in [4.69, 9.17) is 5.26 Å². The molecule has 0 heterocycles. The summed E-state index contributed by atoms with van der Waals surface area (Å²) in [5.41, 5.74) is 0. The van der Waals surface area contributed by atoms with E-state index >= 15 is 0 Å². The molecule has 0 saturated carbocycles. The first kappa shape index (κ1) is 15.9. The SMILES string of the molecule is O=S(=O)(c1ccc(SOOO)cc1)C(Br)(Br)Br. The quantitative estimate of drug-likeness (QED) is 0.312. The highest BCUT2D eigenvalue weighted by Gasteiger charge is 2.37. The Hall–Kier alpha value is 0.840. The minimum absolute atomic E-state index is 0.109. The second-order valence-electron chi connectivity index (χ2n) is 2.65. The van der Waals surface area contributed by atoms with Gasteiger partial charge in [0.05, 0.1) is 16.9 Å². The fourth-order valence-electron chi connectivity index (χ4n) is 0.862. The average Bonchev–Trinajstić information content (AvgIpc) is 2.25. The Bertz CT molecular complexity index is 467. The van der Waals surface area contributed by atoms with Gasteiger partial charge in [-0.2, -0.15) is 0 Å². The van der Waals surface area contributed by atoms with Crippen LogP contribution in [0.25, 0.3) is 0 Å². The maximum atomic E-state index is 11.9. The van der Waals surface area contributed by atoms with Crippen molar-refractivity contribution in [2.75, 3.05) is 0 Å². The van der Waals surface area contributed by atoms with Gasteiger partial charge in [-0.3, -0.25) is 0 Å². The maximum Gasteiger partial charge on any atom is 0.239 e. The molecule has 1 N–H and O–H groups in total. The van der Waals surface area contributed by atoms with Gasteiger partial charge < -0.3 is 0 Å². The van der Waals surface area contributed by atoms with Crippen LogP contribution in [0.3, 0.4) is 0 Å². The zero-order valence-electron chi connectivity index (χ0n) is 7.84. The molecule has 0 unspecified atom stereocenters. The smallest absolute Gasteiger partial charge is 0.220 e. The summed E-state index contributed by atoms with van der Waals surface area (Å²) < 4.78 is 26.7. The standard InChI is InChI=1S/C7H5Br3O5S2/c8-7(9,10)17(12,13)6-3-1-5(2-4-6)16-15-14-11/h1-4,11H. The normalized spacial score (nSPS) is 12.7. The molecule has 0 spiro atoms. The first-order valence-corrected chi connectivity index (χ1v) is 8.45. The highest BCUT2D eigenvalue weighted by molar-refractivity contribution is 9.42. The van der Waals surface area contributed by atoms with Crippen LogP contribution in [0.1, 0.15) is 0 Å². The van der Waals surface area contributed by atoms with E-state index in [1.807, 2.05) is 0 Å². The number of halogens is 3. The summed E-state index contributed by atoms with van der Waals surface area (Å²) in [6.45, 7) is 0. The largest absolute Gasteiger partial charge is 0.239 e. The third-order valence-corrected chi connectivity index (χ3v) is 7.53. The molecule has 0 atom stereocenters. The lowest BCUT2D eigenvalue weighted by Crippen LogP contribution is -2.17. The summed E-state index contributed by atoms with van der Waals surface area (Å²) in [6.07, 6.45) is 0. The van der Waals surface area contributed by atoms with Crippen LogP contribution < -0.4 is 0 Å². The molecule has 1 aromatic carbocycles. The summed E-state index contributed by atoms with van der Waals surface area (Å²) in [7, 11) is -3.59. The van der Waals surface area contributed by atoms with Gasteiger partial charge in [0.15, 0.2) is 0 Å². The predicted molar refractivity (Wildman–Crippen MR) is 73.8 cm³/mol. The second kappa shape index (κ2) is 6.33. The van der Waals surface area contributed by atoms with Crippen LogP contribution in [0, 0.1) is 0 Å². The van der Waals surface area contributed by atoms with Crippen molar-refractivity contribution in [3.63, 3.8) is 0 Å². The highest BCUT2D eigenvalue weighted by Crippen LogP contribution is 2.43. The molecule has 0 aliphatic carbocycles. The third-order valence-electron chi connectivity index (χ3n) is 1.60. The zero-order valence-corrected chi connectivity index (χ0v) is 14.2. The topological polar surface area (TPSA) is 72.8 Å². The Morgan fingerprint density at radius 1 is 1.18 bits per heavy atom. The van der Waals surface area contributed by atoms with E-state index in [1.165, 1.54) is 24.3 Å². The molecule has 1 rings (SSSR count). The van der Waals surface area contributed by atoms with Crippen molar-refractivity contribution in [2.45, 2.75) is 11.3 Å². The number of benzene rings is 1. The molecular weight excluding hydrogens is 468 g/mol. The molecule has 0 aliphatic rings. The molecule has 0 radical (unpaired) electrons. The summed E-state index contributed by atoms with van der Waals surface area (Å²) in [5.74, 6) is 0. The first-order chi connectivity index (χ1) is 7.79. The van der Waals surface area contributed by atoms with Crippen molar-refractivity contribution in [1.29, 1.82) is 0 Å².